The van der Waals surface area contributed by atoms with Crippen LogP contribution in [0.5, 0.6) is 0 Å². The molecule has 8 heteroatoms. The molecule has 0 aliphatic carbocycles. The van der Waals surface area contributed by atoms with E-state index in [1.54, 1.807) is 37.3 Å². The lowest BCUT2D eigenvalue weighted by Crippen LogP contribution is -2.57. The molecule has 1 heterocycles. The molecule has 27 heavy (non-hydrogen) atoms. The van der Waals surface area contributed by atoms with Crippen molar-refractivity contribution in [1.29, 1.82) is 0 Å². The number of urea groups is 1. The van der Waals surface area contributed by atoms with Gasteiger partial charge in [0.1, 0.15) is 6.54 Å². The van der Waals surface area contributed by atoms with E-state index in [0.29, 0.717) is 27.5 Å². The Morgan fingerprint density at radius 2 is 1.89 bits per heavy atom. The Labute approximate surface area is 159 Å². The van der Waals surface area contributed by atoms with Gasteiger partial charge in [-0.25, -0.2) is 9.64 Å². The van der Waals surface area contributed by atoms with Crippen LogP contribution >= 0.6 is 11.6 Å². The highest BCUT2D eigenvalue weighted by Gasteiger charge is 2.50. The molecule has 0 fully saturated rings. The van der Waals surface area contributed by atoms with E-state index in [4.69, 9.17) is 18.2 Å². The quantitative estimate of drug-likeness (QED) is 0.642. The number of halogens is 4. The second kappa shape index (κ2) is 6.78. The Morgan fingerprint density at radius 1 is 1.22 bits per heavy atom. The smallest absolute Gasteiger partial charge is 0.307 e. The van der Waals surface area contributed by atoms with Gasteiger partial charge in [-0.1, -0.05) is 42.8 Å². The van der Waals surface area contributed by atoms with Crippen molar-refractivity contribution >= 4 is 29.0 Å². The van der Waals surface area contributed by atoms with E-state index in [-0.39, 0.29) is 6.42 Å². The topological polar surface area (TPSA) is 36.7 Å². The molecule has 0 radical (unpaired) electrons. The van der Waals surface area contributed by atoms with Gasteiger partial charge in [-0.15, -0.1) is 0 Å². The van der Waals surface area contributed by atoms with Gasteiger partial charge in [-0.2, -0.15) is 13.2 Å². The van der Waals surface area contributed by atoms with Crippen LogP contribution in [0.3, 0.4) is 0 Å². The number of hydrogen-bond donors (Lipinski definition) is 1. The molecule has 1 aliphatic heterocycles. The van der Waals surface area contributed by atoms with Gasteiger partial charge in [0.2, 0.25) is 0 Å². The molecular formula is C19H15ClF3N3O. The lowest BCUT2D eigenvalue weighted by molar-refractivity contribution is -0.148. The number of carbonyl (C=O) groups excluding carboxylic acids is 1. The fraction of sp³-hybridized carbons (Fsp3) is 0.263. The molecule has 4 nitrogen and oxygen atoms in total. The Morgan fingerprint density at radius 3 is 2.44 bits per heavy atom. The van der Waals surface area contributed by atoms with Gasteiger partial charge in [0, 0.05) is 16.3 Å². The maximum atomic E-state index is 13.3. The molecule has 1 aliphatic rings. The third-order valence-corrected chi connectivity index (χ3v) is 4.93. The molecular weight excluding hydrogens is 379 g/mol. The van der Waals surface area contributed by atoms with Crippen LogP contribution in [0, 0.1) is 6.57 Å². The lowest BCUT2D eigenvalue weighted by Gasteiger charge is -2.48. The fourth-order valence-corrected chi connectivity index (χ4v) is 3.74. The summed E-state index contributed by atoms with van der Waals surface area (Å²) < 4.78 is 39.9. The second-order valence-electron chi connectivity index (χ2n) is 6.19. The predicted octanol–water partition coefficient (Wildman–Crippen LogP) is 5.95. The first-order chi connectivity index (χ1) is 12.7. The number of nitrogens with one attached hydrogen (secondary N) is 1. The minimum Gasteiger partial charge on any atom is -0.307 e. The van der Waals surface area contributed by atoms with Gasteiger partial charge < -0.3 is 10.2 Å². The Kier molecular flexibility index (Phi) is 4.79. The average molecular weight is 394 g/mol. The third kappa shape index (κ3) is 3.33. The van der Waals surface area contributed by atoms with Crippen LogP contribution in [0.4, 0.5) is 29.3 Å². The summed E-state index contributed by atoms with van der Waals surface area (Å²) in [6.45, 7) is 7.38. The minimum absolute atomic E-state index is 0.196. The first kappa shape index (κ1) is 19.1. The summed E-state index contributed by atoms with van der Waals surface area (Å²) in [4.78, 5) is 16.7. The first-order valence-electron chi connectivity index (χ1n) is 8.14. The van der Waals surface area contributed by atoms with Crippen LogP contribution in [0.1, 0.15) is 24.5 Å². The van der Waals surface area contributed by atoms with E-state index in [1.165, 1.54) is 12.1 Å². The van der Waals surface area contributed by atoms with Gasteiger partial charge >= 0.3 is 12.2 Å². The molecule has 0 spiro atoms. The van der Waals surface area contributed by atoms with Crippen molar-refractivity contribution in [2.24, 2.45) is 0 Å². The number of anilines is 1. The molecule has 1 N–H and O–H groups in total. The number of alkyl halides is 3. The predicted molar refractivity (Wildman–Crippen MR) is 97.0 cm³/mol. The Bertz CT molecular complexity index is 921. The number of hydrogen-bond acceptors (Lipinski definition) is 1. The molecule has 0 bridgehead atoms. The lowest BCUT2D eigenvalue weighted by atomic mass is 9.77. The summed E-state index contributed by atoms with van der Waals surface area (Å²) in [6, 6.07) is 10.1. The molecule has 2 amide bonds. The van der Waals surface area contributed by atoms with Gasteiger partial charge in [0.05, 0.1) is 12.1 Å². The summed E-state index contributed by atoms with van der Waals surface area (Å²) >= 11 is 6.12. The van der Waals surface area contributed by atoms with Crippen LogP contribution in [-0.2, 0) is 5.54 Å². The van der Waals surface area contributed by atoms with Crippen molar-refractivity contribution in [1.82, 2.24) is 4.90 Å². The molecule has 2 aromatic carbocycles. The standard InChI is InChI=1S/C19H15ClF3N3O/c1-3-18(12-4-7-14(24-2)8-5-12)15-10-13(20)6-9-16(15)25-17(27)26(18)11-19(21,22)23/h4-10H,3,11H2,1H3,(H,25,27). The van der Waals surface area contributed by atoms with Gasteiger partial charge in [0.25, 0.3) is 0 Å². The third-order valence-electron chi connectivity index (χ3n) is 4.70. The molecule has 1 unspecified atom stereocenters. The number of carbonyl (C=O) groups is 1. The molecule has 3 rings (SSSR count). The number of nitrogens with zero attached hydrogens (tertiary/aromatic N) is 2. The summed E-state index contributed by atoms with van der Waals surface area (Å²) in [5.74, 6) is 0. The van der Waals surface area contributed by atoms with Gasteiger partial charge in [-0.05, 0) is 30.2 Å². The fourth-order valence-electron chi connectivity index (χ4n) is 3.56. The zero-order valence-electron chi connectivity index (χ0n) is 14.3. The van der Waals surface area contributed by atoms with E-state index in [9.17, 15) is 18.0 Å². The highest BCUT2D eigenvalue weighted by atomic mass is 35.5. The Hall–Kier alpha value is -2.72. The molecule has 0 aromatic heterocycles. The largest absolute Gasteiger partial charge is 0.406 e. The van der Waals surface area contributed by atoms with Gasteiger partial charge in [-0.3, -0.25) is 0 Å². The van der Waals surface area contributed by atoms with Crippen molar-refractivity contribution in [2.75, 3.05) is 11.9 Å². The first-order valence-corrected chi connectivity index (χ1v) is 8.52. The molecule has 0 saturated heterocycles. The number of benzene rings is 2. The maximum Gasteiger partial charge on any atom is 0.406 e. The zero-order valence-corrected chi connectivity index (χ0v) is 15.0. The van der Waals surface area contributed by atoms with E-state index in [2.05, 4.69) is 10.2 Å². The summed E-state index contributed by atoms with van der Waals surface area (Å²) in [5, 5.41) is 2.88. The molecule has 2 aromatic rings. The van der Waals surface area contributed by atoms with Crippen molar-refractivity contribution in [3.05, 3.63) is 70.0 Å². The number of rotatable bonds is 3. The van der Waals surface area contributed by atoms with Crippen LogP contribution in [0.15, 0.2) is 42.5 Å². The maximum absolute atomic E-state index is 13.3. The van der Waals surface area contributed by atoms with E-state index < -0.39 is 24.3 Å². The van der Waals surface area contributed by atoms with Crippen LogP contribution in [0.2, 0.25) is 5.02 Å². The SMILES string of the molecule is [C-]#[N+]c1ccc(C2(CC)c3cc(Cl)ccc3NC(=O)N2CC(F)(F)F)cc1. The monoisotopic (exact) mass is 393 g/mol. The van der Waals surface area contributed by atoms with Crippen molar-refractivity contribution < 1.29 is 18.0 Å². The second-order valence-corrected chi connectivity index (χ2v) is 6.63. The van der Waals surface area contributed by atoms with E-state index in [1.807, 2.05) is 0 Å². The van der Waals surface area contributed by atoms with Crippen LogP contribution in [-0.4, -0.2) is 23.7 Å². The van der Waals surface area contributed by atoms with E-state index in [0.717, 1.165) is 4.90 Å². The normalized spacial score (nSPS) is 19.3. The molecule has 1 atom stereocenters. The zero-order chi connectivity index (χ0) is 19.8. The summed E-state index contributed by atoms with van der Waals surface area (Å²) in [6.07, 6.45) is -4.38. The van der Waals surface area contributed by atoms with Crippen LogP contribution < -0.4 is 5.32 Å². The Balaban J connectivity index is 2.30. The van der Waals surface area contributed by atoms with E-state index >= 15 is 0 Å². The van der Waals surface area contributed by atoms with Crippen LogP contribution in [0.25, 0.3) is 4.85 Å². The summed E-state index contributed by atoms with van der Waals surface area (Å²) in [5.41, 5.74) is 0.383. The molecule has 0 saturated carbocycles. The van der Waals surface area contributed by atoms with Gasteiger partial charge in [0.15, 0.2) is 5.69 Å². The minimum atomic E-state index is -4.58. The van der Waals surface area contributed by atoms with Crippen molar-refractivity contribution in [3.8, 4) is 0 Å². The summed E-state index contributed by atoms with van der Waals surface area (Å²) in [7, 11) is 0. The number of fused-ring (bicyclic) bond motifs is 1. The highest BCUT2D eigenvalue weighted by Crippen LogP contribution is 2.47. The number of amides is 2. The average Bonchev–Trinajstić information content (AvgIpc) is 2.62. The van der Waals surface area contributed by atoms with Crippen molar-refractivity contribution in [2.45, 2.75) is 25.1 Å². The van der Waals surface area contributed by atoms with Crippen molar-refractivity contribution in [3.63, 3.8) is 0 Å². The highest BCUT2D eigenvalue weighted by molar-refractivity contribution is 6.30. The molecule has 140 valence electrons.